The molecular formula is C18H17FN2. The van der Waals surface area contributed by atoms with Crippen LogP contribution >= 0.6 is 0 Å². The number of hydrogen-bond acceptors (Lipinski definition) is 2. The van der Waals surface area contributed by atoms with Gasteiger partial charge in [-0.05, 0) is 37.1 Å². The molecule has 1 aromatic heterocycles. The molecule has 0 aliphatic rings. The first-order valence-electron chi connectivity index (χ1n) is 6.96. The first-order valence-corrected chi connectivity index (χ1v) is 6.96. The van der Waals surface area contributed by atoms with Crippen LogP contribution in [0.4, 0.5) is 4.39 Å². The number of benzene rings is 2. The van der Waals surface area contributed by atoms with Gasteiger partial charge in [0.05, 0.1) is 6.04 Å². The summed E-state index contributed by atoms with van der Waals surface area (Å²) in [5, 5.41) is 5.38. The second kappa shape index (κ2) is 5.62. The Hall–Kier alpha value is -2.26. The highest BCUT2D eigenvalue weighted by Gasteiger charge is 2.18. The largest absolute Gasteiger partial charge is 0.309 e. The molecule has 1 unspecified atom stereocenters. The third-order valence-electron chi connectivity index (χ3n) is 3.78. The van der Waals surface area contributed by atoms with Crippen molar-refractivity contribution < 1.29 is 4.39 Å². The van der Waals surface area contributed by atoms with E-state index in [0.29, 0.717) is 5.56 Å². The molecule has 3 rings (SSSR count). The fourth-order valence-corrected chi connectivity index (χ4v) is 2.75. The fraction of sp³-hybridized carbons (Fsp3) is 0.167. The molecule has 1 N–H and O–H groups in total. The molecule has 106 valence electrons. The summed E-state index contributed by atoms with van der Waals surface area (Å²) in [6, 6.07) is 13.0. The van der Waals surface area contributed by atoms with Crippen LogP contribution in [0.15, 0.2) is 54.9 Å². The number of nitrogens with one attached hydrogen (secondary N) is 1. The van der Waals surface area contributed by atoms with Crippen molar-refractivity contribution in [3.8, 4) is 0 Å². The van der Waals surface area contributed by atoms with Crippen molar-refractivity contribution in [2.45, 2.75) is 13.0 Å². The van der Waals surface area contributed by atoms with Crippen LogP contribution in [0.2, 0.25) is 0 Å². The Morgan fingerprint density at radius 1 is 1.10 bits per heavy atom. The summed E-state index contributed by atoms with van der Waals surface area (Å²) in [6.07, 6.45) is 3.61. The van der Waals surface area contributed by atoms with Gasteiger partial charge in [-0.1, -0.05) is 35.9 Å². The van der Waals surface area contributed by atoms with Crippen LogP contribution in [0, 0.1) is 12.7 Å². The van der Waals surface area contributed by atoms with Crippen molar-refractivity contribution in [3.63, 3.8) is 0 Å². The average Bonchev–Trinajstić information content (AvgIpc) is 2.51. The lowest BCUT2D eigenvalue weighted by atomic mass is 9.93. The van der Waals surface area contributed by atoms with E-state index in [9.17, 15) is 4.39 Å². The number of hydrogen-bond donors (Lipinski definition) is 1. The van der Waals surface area contributed by atoms with Gasteiger partial charge in [-0.25, -0.2) is 4.39 Å². The second-order valence-corrected chi connectivity index (χ2v) is 5.19. The van der Waals surface area contributed by atoms with Gasteiger partial charge in [-0.15, -0.1) is 0 Å². The zero-order valence-electron chi connectivity index (χ0n) is 12.1. The van der Waals surface area contributed by atoms with Crippen LogP contribution in [0.1, 0.15) is 22.7 Å². The Morgan fingerprint density at radius 2 is 1.95 bits per heavy atom. The van der Waals surface area contributed by atoms with Crippen LogP contribution in [0.5, 0.6) is 0 Å². The van der Waals surface area contributed by atoms with E-state index in [0.717, 1.165) is 21.9 Å². The lowest BCUT2D eigenvalue weighted by Gasteiger charge is -2.20. The predicted octanol–water partition coefficient (Wildman–Crippen LogP) is 3.99. The Kier molecular flexibility index (Phi) is 3.67. The van der Waals surface area contributed by atoms with Gasteiger partial charge in [0, 0.05) is 23.3 Å². The van der Waals surface area contributed by atoms with E-state index in [1.54, 1.807) is 12.3 Å². The van der Waals surface area contributed by atoms with E-state index >= 15 is 0 Å². The molecule has 0 amide bonds. The number of nitrogens with zero attached hydrogens (tertiary/aromatic N) is 1. The van der Waals surface area contributed by atoms with Gasteiger partial charge in [0.25, 0.3) is 0 Å². The Labute approximate surface area is 123 Å². The van der Waals surface area contributed by atoms with Gasteiger partial charge >= 0.3 is 0 Å². The van der Waals surface area contributed by atoms with E-state index in [1.807, 2.05) is 50.5 Å². The molecule has 0 radical (unpaired) electrons. The lowest BCUT2D eigenvalue weighted by Crippen LogP contribution is -2.19. The maximum atomic E-state index is 14.2. The normalized spacial score (nSPS) is 12.5. The number of pyridine rings is 1. The van der Waals surface area contributed by atoms with Gasteiger partial charge in [-0.3, -0.25) is 4.98 Å². The molecule has 2 aromatic carbocycles. The first kappa shape index (κ1) is 13.7. The summed E-state index contributed by atoms with van der Waals surface area (Å²) < 4.78 is 14.2. The van der Waals surface area contributed by atoms with Crippen LogP contribution in [-0.4, -0.2) is 12.0 Å². The van der Waals surface area contributed by atoms with Crippen molar-refractivity contribution in [2.75, 3.05) is 7.05 Å². The third kappa shape index (κ3) is 2.52. The fourth-order valence-electron chi connectivity index (χ4n) is 2.75. The van der Waals surface area contributed by atoms with Crippen molar-refractivity contribution in [1.29, 1.82) is 0 Å². The Bertz CT molecular complexity index is 778. The minimum atomic E-state index is -0.196. The molecule has 0 aliphatic heterocycles. The molecule has 0 aliphatic carbocycles. The summed E-state index contributed by atoms with van der Waals surface area (Å²) in [5.74, 6) is -0.194. The van der Waals surface area contributed by atoms with Gasteiger partial charge in [0.15, 0.2) is 0 Å². The minimum Gasteiger partial charge on any atom is -0.309 e. The van der Waals surface area contributed by atoms with E-state index < -0.39 is 0 Å². The average molecular weight is 280 g/mol. The quantitative estimate of drug-likeness (QED) is 0.784. The van der Waals surface area contributed by atoms with Gasteiger partial charge in [0.1, 0.15) is 5.82 Å². The highest BCUT2D eigenvalue weighted by Crippen LogP contribution is 2.30. The highest BCUT2D eigenvalue weighted by molar-refractivity contribution is 5.85. The summed E-state index contributed by atoms with van der Waals surface area (Å²) in [5.41, 5.74) is 2.74. The standard InChI is InChI=1S/C18H17FN2/c1-12-6-7-17(19)15(10-12)18(20-2)14-5-3-4-13-8-9-21-11-16(13)14/h3-11,18,20H,1-2H3. The van der Waals surface area contributed by atoms with Crippen LogP contribution in [0.25, 0.3) is 10.8 Å². The molecule has 0 fully saturated rings. The van der Waals surface area contributed by atoms with Crippen LogP contribution < -0.4 is 5.32 Å². The molecule has 2 nitrogen and oxygen atoms in total. The smallest absolute Gasteiger partial charge is 0.128 e. The van der Waals surface area contributed by atoms with Crippen molar-refractivity contribution in [1.82, 2.24) is 10.3 Å². The monoisotopic (exact) mass is 280 g/mol. The number of fused-ring (bicyclic) bond motifs is 1. The predicted molar refractivity (Wildman–Crippen MR) is 83.8 cm³/mol. The number of halogens is 1. The number of rotatable bonds is 3. The maximum absolute atomic E-state index is 14.2. The molecule has 0 saturated heterocycles. The summed E-state index contributed by atoms with van der Waals surface area (Å²) in [7, 11) is 1.85. The summed E-state index contributed by atoms with van der Waals surface area (Å²) in [4.78, 5) is 4.20. The third-order valence-corrected chi connectivity index (χ3v) is 3.78. The SMILES string of the molecule is CNC(c1cc(C)ccc1F)c1cccc2ccncc12. The zero-order chi connectivity index (χ0) is 14.8. The van der Waals surface area contributed by atoms with Gasteiger partial charge in [-0.2, -0.15) is 0 Å². The Balaban J connectivity index is 2.21. The van der Waals surface area contributed by atoms with Gasteiger partial charge in [0.2, 0.25) is 0 Å². The van der Waals surface area contributed by atoms with Crippen molar-refractivity contribution >= 4 is 10.8 Å². The van der Waals surface area contributed by atoms with E-state index in [4.69, 9.17) is 0 Å². The topological polar surface area (TPSA) is 24.9 Å². The molecule has 0 spiro atoms. The molecule has 0 saturated carbocycles. The molecule has 0 bridgehead atoms. The van der Waals surface area contributed by atoms with Crippen molar-refractivity contribution in [3.05, 3.63) is 77.4 Å². The van der Waals surface area contributed by atoms with Gasteiger partial charge < -0.3 is 5.32 Å². The maximum Gasteiger partial charge on any atom is 0.128 e. The number of aromatic nitrogens is 1. The molecule has 1 heterocycles. The number of aryl methyl sites for hydroxylation is 1. The Morgan fingerprint density at radius 3 is 2.76 bits per heavy atom. The molecule has 3 heteroatoms. The minimum absolute atomic E-state index is 0.194. The highest BCUT2D eigenvalue weighted by atomic mass is 19.1. The molecular weight excluding hydrogens is 263 g/mol. The molecule has 1 atom stereocenters. The second-order valence-electron chi connectivity index (χ2n) is 5.19. The van der Waals surface area contributed by atoms with Crippen molar-refractivity contribution in [2.24, 2.45) is 0 Å². The van der Waals surface area contributed by atoms with Crippen LogP contribution in [-0.2, 0) is 0 Å². The lowest BCUT2D eigenvalue weighted by molar-refractivity contribution is 0.577. The van der Waals surface area contributed by atoms with E-state index in [2.05, 4.69) is 10.3 Å². The molecule has 3 aromatic rings. The molecule has 21 heavy (non-hydrogen) atoms. The zero-order valence-corrected chi connectivity index (χ0v) is 12.1. The van der Waals surface area contributed by atoms with E-state index in [1.165, 1.54) is 6.07 Å². The first-order chi connectivity index (χ1) is 10.2. The summed E-state index contributed by atoms with van der Waals surface area (Å²) >= 11 is 0. The van der Waals surface area contributed by atoms with E-state index in [-0.39, 0.29) is 11.9 Å². The van der Waals surface area contributed by atoms with Crippen LogP contribution in [0.3, 0.4) is 0 Å². The summed E-state index contributed by atoms with van der Waals surface area (Å²) in [6.45, 7) is 1.97.